The van der Waals surface area contributed by atoms with E-state index in [4.69, 9.17) is 4.74 Å². The zero-order valence-electron chi connectivity index (χ0n) is 12.6. The summed E-state index contributed by atoms with van der Waals surface area (Å²) in [5.41, 5.74) is -0.234. The van der Waals surface area contributed by atoms with Gasteiger partial charge in [-0.15, -0.1) is 0 Å². The number of ether oxygens (including phenoxy) is 1. The zero-order chi connectivity index (χ0) is 15.6. The van der Waals surface area contributed by atoms with E-state index in [1.54, 1.807) is 20.2 Å². The summed E-state index contributed by atoms with van der Waals surface area (Å²) in [4.78, 5) is 22.9. The van der Waals surface area contributed by atoms with Gasteiger partial charge < -0.3 is 14.6 Å². The van der Waals surface area contributed by atoms with E-state index in [1.807, 2.05) is 0 Å². The predicted molar refractivity (Wildman–Crippen MR) is 84.5 cm³/mol. The molecule has 0 unspecified atom stereocenters. The van der Waals surface area contributed by atoms with Crippen molar-refractivity contribution in [3.05, 3.63) is 27.1 Å². The Kier molecular flexibility index (Phi) is 4.76. The number of nitrogens with zero attached hydrogens (tertiary/aromatic N) is 1. The van der Waals surface area contributed by atoms with Gasteiger partial charge in [0.25, 0.3) is 5.56 Å². The van der Waals surface area contributed by atoms with Gasteiger partial charge in [0.2, 0.25) is 5.91 Å². The minimum atomic E-state index is -0.143. The fraction of sp³-hybridized carbons (Fsp3) is 0.600. The molecule has 0 saturated heterocycles. The number of carbonyl (C=O) groups excluding carboxylic acids is 1. The van der Waals surface area contributed by atoms with Crippen LogP contribution in [0, 0.1) is 0 Å². The van der Waals surface area contributed by atoms with Crippen LogP contribution in [0.15, 0.2) is 21.5 Å². The van der Waals surface area contributed by atoms with Crippen LogP contribution in [0.2, 0.25) is 0 Å². The summed E-state index contributed by atoms with van der Waals surface area (Å²) in [6, 6.07) is 1.51. The van der Waals surface area contributed by atoms with E-state index < -0.39 is 0 Å². The fourth-order valence-corrected chi connectivity index (χ4v) is 3.26. The van der Waals surface area contributed by atoms with E-state index in [2.05, 4.69) is 28.2 Å². The summed E-state index contributed by atoms with van der Waals surface area (Å²) in [7, 11) is 1.70. The van der Waals surface area contributed by atoms with Crippen molar-refractivity contribution in [1.29, 1.82) is 0 Å². The van der Waals surface area contributed by atoms with Crippen LogP contribution < -0.4 is 15.6 Å². The van der Waals surface area contributed by atoms with Gasteiger partial charge >= 0.3 is 0 Å². The summed E-state index contributed by atoms with van der Waals surface area (Å²) in [6.45, 7) is 3.61. The maximum absolute atomic E-state index is 11.7. The van der Waals surface area contributed by atoms with Crippen LogP contribution in [-0.2, 0) is 11.8 Å². The minimum Gasteiger partial charge on any atom is -0.489 e. The summed E-state index contributed by atoms with van der Waals surface area (Å²) in [6.07, 6.45) is 5.26. The van der Waals surface area contributed by atoms with Gasteiger partial charge in [-0.3, -0.25) is 9.59 Å². The van der Waals surface area contributed by atoms with E-state index in [0.29, 0.717) is 5.75 Å². The second-order valence-corrected chi connectivity index (χ2v) is 6.85. The Morgan fingerprint density at radius 3 is 2.67 bits per heavy atom. The summed E-state index contributed by atoms with van der Waals surface area (Å²) in [5, 5.41) is 3.01. The molecule has 1 N–H and O–H groups in total. The zero-order valence-corrected chi connectivity index (χ0v) is 14.2. The molecule has 0 aromatic carbocycles. The van der Waals surface area contributed by atoms with Gasteiger partial charge in [-0.25, -0.2) is 0 Å². The topological polar surface area (TPSA) is 60.3 Å². The molecule has 1 aromatic heterocycles. The largest absolute Gasteiger partial charge is 0.489 e. The van der Waals surface area contributed by atoms with Crippen LogP contribution in [0.5, 0.6) is 5.75 Å². The van der Waals surface area contributed by atoms with Crippen molar-refractivity contribution in [1.82, 2.24) is 9.88 Å². The molecule has 1 aliphatic carbocycles. The van der Waals surface area contributed by atoms with Gasteiger partial charge in [0.15, 0.2) is 0 Å². The molecule has 6 heteroatoms. The Hall–Kier alpha value is -1.30. The lowest BCUT2D eigenvalue weighted by Gasteiger charge is -2.37. The maximum atomic E-state index is 11.7. The molecule has 5 nitrogen and oxygen atoms in total. The third-order valence-electron chi connectivity index (χ3n) is 3.95. The lowest BCUT2D eigenvalue weighted by molar-refractivity contribution is -0.121. The first-order valence-electron chi connectivity index (χ1n) is 7.11. The van der Waals surface area contributed by atoms with Gasteiger partial charge in [0.05, 0.1) is 10.6 Å². The highest BCUT2D eigenvalue weighted by atomic mass is 79.9. The van der Waals surface area contributed by atoms with Gasteiger partial charge in [-0.2, -0.15) is 0 Å². The first-order chi connectivity index (χ1) is 9.79. The van der Waals surface area contributed by atoms with Crippen molar-refractivity contribution < 1.29 is 9.53 Å². The van der Waals surface area contributed by atoms with E-state index in [1.165, 1.54) is 10.6 Å². The molecule has 0 spiro atoms. The Balaban J connectivity index is 1.99. The predicted octanol–water partition coefficient (Wildman–Crippen LogP) is 2.36. The molecule has 0 atom stereocenters. The van der Waals surface area contributed by atoms with E-state index in [0.717, 1.165) is 30.2 Å². The number of pyridine rings is 1. The molecule has 1 saturated carbocycles. The number of amides is 1. The van der Waals surface area contributed by atoms with Gasteiger partial charge in [0, 0.05) is 31.8 Å². The third-order valence-corrected chi connectivity index (χ3v) is 4.55. The second-order valence-electron chi connectivity index (χ2n) is 5.99. The molecule has 1 aliphatic rings. The Labute approximate surface area is 132 Å². The van der Waals surface area contributed by atoms with Gasteiger partial charge in [-0.1, -0.05) is 0 Å². The van der Waals surface area contributed by atoms with Crippen molar-refractivity contribution in [2.24, 2.45) is 7.05 Å². The minimum absolute atomic E-state index is 0.00571. The summed E-state index contributed by atoms with van der Waals surface area (Å²) < 4.78 is 8.23. The number of hydrogen-bond acceptors (Lipinski definition) is 3. The van der Waals surface area contributed by atoms with Crippen LogP contribution in [0.1, 0.15) is 39.5 Å². The number of nitrogens with one attached hydrogen (secondary N) is 1. The highest BCUT2D eigenvalue weighted by Crippen LogP contribution is 2.32. The lowest BCUT2D eigenvalue weighted by atomic mass is 9.82. The number of halogens is 1. The molecular formula is C15H21BrN2O3. The second kappa shape index (κ2) is 6.22. The number of rotatable bonds is 3. The molecule has 1 aromatic rings. The lowest BCUT2D eigenvalue weighted by Crippen LogP contribution is -2.48. The molecule has 0 bridgehead atoms. The van der Waals surface area contributed by atoms with E-state index in [-0.39, 0.29) is 23.1 Å². The normalized spacial score (nSPS) is 25.4. The molecule has 0 radical (unpaired) electrons. The molecule has 2 rings (SSSR count). The van der Waals surface area contributed by atoms with Gasteiger partial charge in [-0.05, 0) is 48.5 Å². The Morgan fingerprint density at radius 1 is 1.48 bits per heavy atom. The van der Waals surface area contributed by atoms with Gasteiger partial charge in [0.1, 0.15) is 5.75 Å². The van der Waals surface area contributed by atoms with Crippen LogP contribution in [0.3, 0.4) is 0 Å². The summed E-state index contributed by atoms with van der Waals surface area (Å²) >= 11 is 3.42. The van der Waals surface area contributed by atoms with Crippen molar-refractivity contribution >= 4 is 21.8 Å². The smallest absolute Gasteiger partial charge is 0.254 e. The number of hydrogen-bond donors (Lipinski definition) is 1. The highest BCUT2D eigenvalue weighted by Gasteiger charge is 2.32. The Bertz CT molecular complexity index is 589. The monoisotopic (exact) mass is 356 g/mol. The molecule has 21 heavy (non-hydrogen) atoms. The molecule has 0 aliphatic heterocycles. The highest BCUT2D eigenvalue weighted by molar-refractivity contribution is 9.10. The maximum Gasteiger partial charge on any atom is 0.254 e. The molecule has 1 heterocycles. The first kappa shape index (κ1) is 16.1. The van der Waals surface area contributed by atoms with Crippen molar-refractivity contribution in [3.63, 3.8) is 0 Å². The number of carbonyl (C=O) groups is 1. The SMILES string of the molecule is CC(=O)N[C@]1(C)CC[C@@H](Oc2cc(=O)n(C)cc2Br)CC1. The van der Waals surface area contributed by atoms with E-state index in [9.17, 15) is 9.59 Å². The van der Waals surface area contributed by atoms with Crippen LogP contribution in [0.4, 0.5) is 0 Å². The number of aryl methyl sites for hydroxylation is 1. The van der Waals surface area contributed by atoms with E-state index >= 15 is 0 Å². The average molecular weight is 357 g/mol. The third kappa shape index (κ3) is 4.09. The number of aromatic nitrogens is 1. The van der Waals surface area contributed by atoms with Crippen molar-refractivity contribution in [3.8, 4) is 5.75 Å². The quantitative estimate of drug-likeness (QED) is 0.904. The fourth-order valence-electron chi connectivity index (χ4n) is 2.75. The van der Waals surface area contributed by atoms with Crippen molar-refractivity contribution in [2.45, 2.75) is 51.2 Å². The molecule has 1 amide bonds. The Morgan fingerprint density at radius 2 is 2.10 bits per heavy atom. The van der Waals surface area contributed by atoms with Crippen LogP contribution >= 0.6 is 15.9 Å². The standard InChI is InChI=1S/C15H21BrN2O3/c1-10(19)17-15(2)6-4-11(5-7-15)21-13-8-14(20)18(3)9-12(13)16/h8-9,11H,4-7H2,1-3H3,(H,17,19)/t11-,15-. The first-order valence-corrected chi connectivity index (χ1v) is 7.90. The van der Waals surface area contributed by atoms with Crippen LogP contribution in [-0.4, -0.2) is 22.1 Å². The summed E-state index contributed by atoms with van der Waals surface area (Å²) in [5.74, 6) is 0.595. The average Bonchev–Trinajstić information content (AvgIpc) is 2.37. The van der Waals surface area contributed by atoms with Crippen molar-refractivity contribution in [2.75, 3.05) is 0 Å². The molecule has 1 fully saturated rings. The molecular weight excluding hydrogens is 336 g/mol. The molecule has 116 valence electrons. The van der Waals surface area contributed by atoms with Crippen LogP contribution in [0.25, 0.3) is 0 Å².